The average molecular weight is 253 g/mol. The Morgan fingerprint density at radius 3 is 2.72 bits per heavy atom. The largest absolute Gasteiger partial charge is 0.425 e. The highest BCUT2D eigenvalue weighted by atomic mass is 32.2. The SMILES string of the molecule is Cc1ccc(SC2=NC3=C=C(C=CC=C3)O2)cc1. The minimum absolute atomic E-state index is 0.638. The Morgan fingerprint density at radius 2 is 1.89 bits per heavy atom. The van der Waals surface area contributed by atoms with Gasteiger partial charge < -0.3 is 4.74 Å². The van der Waals surface area contributed by atoms with E-state index in [1.54, 1.807) is 0 Å². The summed E-state index contributed by atoms with van der Waals surface area (Å²) >= 11 is 1.52. The molecule has 0 fully saturated rings. The molecule has 88 valence electrons. The van der Waals surface area contributed by atoms with Crippen molar-refractivity contribution in [3.05, 3.63) is 71.3 Å². The summed E-state index contributed by atoms with van der Waals surface area (Å²) in [6.07, 6.45) is 7.65. The van der Waals surface area contributed by atoms with E-state index >= 15 is 0 Å². The number of aliphatic imine (C=N–C) groups is 1. The zero-order valence-electron chi connectivity index (χ0n) is 9.88. The molecule has 0 saturated carbocycles. The third kappa shape index (κ3) is 2.48. The maximum atomic E-state index is 5.64. The molecule has 3 rings (SSSR count). The first-order valence-electron chi connectivity index (χ1n) is 5.66. The lowest BCUT2D eigenvalue weighted by molar-refractivity contribution is 0.444. The number of rotatable bonds is 1. The molecule has 0 N–H and O–H groups in total. The predicted molar refractivity (Wildman–Crippen MR) is 74.4 cm³/mol. The summed E-state index contributed by atoms with van der Waals surface area (Å²) in [6.45, 7) is 2.07. The van der Waals surface area contributed by atoms with Crippen molar-refractivity contribution >= 4 is 17.0 Å². The van der Waals surface area contributed by atoms with Gasteiger partial charge in [-0.15, -0.1) is 0 Å². The van der Waals surface area contributed by atoms with Crippen LogP contribution in [0.1, 0.15) is 5.56 Å². The second-order valence-electron chi connectivity index (χ2n) is 3.99. The quantitative estimate of drug-likeness (QED) is 0.706. The van der Waals surface area contributed by atoms with Gasteiger partial charge in [-0.1, -0.05) is 29.8 Å². The third-order valence-electron chi connectivity index (χ3n) is 2.50. The number of hydrogen-bond donors (Lipinski definition) is 0. The molecule has 2 nitrogen and oxygen atoms in total. The zero-order valence-corrected chi connectivity index (χ0v) is 10.7. The number of hydrogen-bond acceptors (Lipinski definition) is 3. The number of nitrogens with zero attached hydrogens (tertiary/aromatic N) is 1. The number of aryl methyl sites for hydroxylation is 1. The Labute approximate surface area is 110 Å². The third-order valence-corrected chi connectivity index (χ3v) is 3.36. The molecule has 0 radical (unpaired) electrons. The van der Waals surface area contributed by atoms with E-state index in [9.17, 15) is 0 Å². The molecule has 0 atom stereocenters. The first kappa shape index (κ1) is 11.1. The molecule has 1 aromatic rings. The van der Waals surface area contributed by atoms with Crippen LogP contribution in [0.5, 0.6) is 0 Å². The highest BCUT2D eigenvalue weighted by Gasteiger charge is 2.12. The van der Waals surface area contributed by atoms with Crippen LogP contribution in [0.25, 0.3) is 0 Å². The summed E-state index contributed by atoms with van der Waals surface area (Å²) in [5.41, 5.74) is 5.12. The van der Waals surface area contributed by atoms with Crippen LogP contribution < -0.4 is 0 Å². The summed E-state index contributed by atoms with van der Waals surface area (Å²) < 4.78 is 5.64. The van der Waals surface area contributed by atoms with Gasteiger partial charge in [0.15, 0.2) is 5.76 Å². The van der Waals surface area contributed by atoms with E-state index in [1.807, 2.05) is 24.3 Å². The van der Waals surface area contributed by atoms with E-state index in [2.05, 4.69) is 41.9 Å². The van der Waals surface area contributed by atoms with Gasteiger partial charge in [-0.25, -0.2) is 0 Å². The zero-order chi connectivity index (χ0) is 12.4. The minimum atomic E-state index is 0.638. The molecule has 1 aliphatic carbocycles. The Balaban J connectivity index is 1.82. The normalized spacial score (nSPS) is 16.4. The van der Waals surface area contributed by atoms with Crippen molar-refractivity contribution in [2.45, 2.75) is 11.8 Å². The molecule has 0 amide bonds. The van der Waals surface area contributed by atoms with Gasteiger partial charge in [0.1, 0.15) is 5.70 Å². The average Bonchev–Trinajstić information content (AvgIpc) is 2.53. The molecule has 1 aliphatic heterocycles. The molecule has 1 heterocycles. The van der Waals surface area contributed by atoms with Crippen LogP contribution in [0.2, 0.25) is 0 Å². The van der Waals surface area contributed by atoms with Crippen molar-refractivity contribution in [3.8, 4) is 0 Å². The fourth-order valence-electron chi connectivity index (χ4n) is 1.59. The van der Waals surface area contributed by atoms with Crippen molar-refractivity contribution in [3.63, 3.8) is 0 Å². The van der Waals surface area contributed by atoms with Crippen LogP contribution in [0.15, 0.2) is 75.6 Å². The van der Waals surface area contributed by atoms with Crippen molar-refractivity contribution < 1.29 is 4.74 Å². The van der Waals surface area contributed by atoms with Gasteiger partial charge in [-0.05, 0) is 48.7 Å². The maximum absolute atomic E-state index is 5.64. The smallest absolute Gasteiger partial charge is 0.262 e. The molecule has 1 aromatic carbocycles. The number of benzene rings is 1. The Hall–Kier alpha value is -1.96. The molecular formula is C15H11NOS. The standard InChI is InChI=1S/C15H11NOS/c1-11-6-8-14(9-7-11)18-15-16-12-4-2-3-5-13(10-12)17-15/h2-9H,1H3. The van der Waals surface area contributed by atoms with Crippen molar-refractivity contribution in [2.24, 2.45) is 4.99 Å². The highest BCUT2D eigenvalue weighted by Crippen LogP contribution is 2.26. The van der Waals surface area contributed by atoms with Gasteiger partial charge in [0.2, 0.25) is 0 Å². The molecular weight excluding hydrogens is 242 g/mol. The fourth-order valence-corrected chi connectivity index (χ4v) is 2.34. The first-order valence-corrected chi connectivity index (χ1v) is 6.48. The van der Waals surface area contributed by atoms with E-state index in [0.29, 0.717) is 11.0 Å². The van der Waals surface area contributed by atoms with Gasteiger partial charge in [-0.2, -0.15) is 4.99 Å². The van der Waals surface area contributed by atoms with Crippen molar-refractivity contribution in [1.29, 1.82) is 0 Å². The molecule has 2 bridgehead atoms. The fraction of sp³-hybridized carbons (Fsp3) is 0.0667. The second-order valence-corrected chi connectivity index (χ2v) is 5.01. The molecule has 0 aromatic heterocycles. The lowest BCUT2D eigenvalue weighted by Crippen LogP contribution is -2.02. The summed E-state index contributed by atoms with van der Waals surface area (Å²) in [4.78, 5) is 5.51. The van der Waals surface area contributed by atoms with E-state index in [1.165, 1.54) is 17.3 Å². The Bertz CT molecular complexity index is 629. The van der Waals surface area contributed by atoms with Crippen LogP contribution in [0.3, 0.4) is 0 Å². The van der Waals surface area contributed by atoms with E-state index < -0.39 is 0 Å². The lowest BCUT2D eigenvalue weighted by atomic mass is 10.2. The van der Waals surface area contributed by atoms with E-state index in [-0.39, 0.29) is 0 Å². The van der Waals surface area contributed by atoms with Gasteiger partial charge in [0, 0.05) is 4.90 Å². The maximum Gasteiger partial charge on any atom is 0.262 e. The molecule has 0 spiro atoms. The highest BCUT2D eigenvalue weighted by molar-refractivity contribution is 8.13. The minimum Gasteiger partial charge on any atom is -0.425 e. The second kappa shape index (κ2) is 4.73. The number of thioether (sulfide) groups is 1. The monoisotopic (exact) mass is 253 g/mol. The summed E-state index contributed by atoms with van der Waals surface area (Å²) in [5, 5.41) is 0.638. The summed E-state index contributed by atoms with van der Waals surface area (Å²) in [7, 11) is 0. The molecule has 2 aliphatic rings. The van der Waals surface area contributed by atoms with E-state index in [0.717, 1.165) is 10.6 Å². The molecule has 0 unspecified atom stereocenters. The van der Waals surface area contributed by atoms with Crippen LogP contribution in [0.4, 0.5) is 0 Å². The van der Waals surface area contributed by atoms with Crippen LogP contribution in [0, 0.1) is 6.92 Å². The van der Waals surface area contributed by atoms with E-state index in [4.69, 9.17) is 4.74 Å². The van der Waals surface area contributed by atoms with Crippen molar-refractivity contribution in [1.82, 2.24) is 0 Å². The van der Waals surface area contributed by atoms with Crippen molar-refractivity contribution in [2.75, 3.05) is 0 Å². The Morgan fingerprint density at radius 1 is 1.11 bits per heavy atom. The molecule has 18 heavy (non-hydrogen) atoms. The van der Waals surface area contributed by atoms with Gasteiger partial charge >= 0.3 is 0 Å². The van der Waals surface area contributed by atoms with Gasteiger partial charge in [0.25, 0.3) is 5.23 Å². The summed E-state index contributed by atoms with van der Waals surface area (Å²) in [6, 6.07) is 8.30. The lowest BCUT2D eigenvalue weighted by Gasteiger charge is -2.10. The first-order chi connectivity index (χ1) is 8.79. The molecule has 3 heteroatoms. The topological polar surface area (TPSA) is 21.6 Å². The van der Waals surface area contributed by atoms with Crippen LogP contribution >= 0.6 is 11.8 Å². The number of ether oxygens (including phenoxy) is 1. The molecule has 0 saturated heterocycles. The summed E-state index contributed by atoms with van der Waals surface area (Å²) in [5.74, 6) is 0.708. The van der Waals surface area contributed by atoms with Gasteiger partial charge in [-0.3, -0.25) is 0 Å². The van der Waals surface area contributed by atoms with Crippen LogP contribution in [-0.4, -0.2) is 5.23 Å². The number of allylic oxidation sites excluding steroid dienone is 3. The predicted octanol–water partition coefficient (Wildman–Crippen LogP) is 3.97. The van der Waals surface area contributed by atoms with Gasteiger partial charge in [0.05, 0.1) is 0 Å². The Kier molecular flexibility index (Phi) is 2.93. The van der Waals surface area contributed by atoms with Crippen LogP contribution in [-0.2, 0) is 4.74 Å².